The topological polar surface area (TPSA) is 58.4 Å². The number of rotatable bonds is 8. The van der Waals surface area contributed by atoms with E-state index >= 15 is 0 Å². The van der Waals surface area contributed by atoms with E-state index in [2.05, 4.69) is 37.9 Å². The number of hydrogen-bond acceptors (Lipinski definition) is 3. The van der Waals surface area contributed by atoms with E-state index in [-0.39, 0.29) is 18.0 Å². The molecule has 1 aliphatic heterocycles. The summed E-state index contributed by atoms with van der Waals surface area (Å²) in [6.07, 6.45) is 7.02. The zero-order valence-corrected chi connectivity index (χ0v) is 14.4. The highest BCUT2D eigenvalue weighted by molar-refractivity contribution is 5.78. The van der Waals surface area contributed by atoms with Crippen molar-refractivity contribution in [3.05, 3.63) is 0 Å². The molecule has 0 saturated carbocycles. The van der Waals surface area contributed by atoms with Gasteiger partial charge in [-0.25, -0.2) is 0 Å². The third-order valence-electron chi connectivity index (χ3n) is 4.44. The minimum Gasteiger partial charge on any atom is -0.353 e. The van der Waals surface area contributed by atoms with Crippen molar-refractivity contribution < 1.29 is 4.79 Å². The molecule has 0 aromatic carbocycles. The molecule has 4 nitrogen and oxygen atoms in total. The van der Waals surface area contributed by atoms with Gasteiger partial charge in [0.1, 0.15) is 0 Å². The molecule has 0 bridgehead atoms. The van der Waals surface area contributed by atoms with Crippen molar-refractivity contribution in [2.45, 2.75) is 84.3 Å². The van der Waals surface area contributed by atoms with Gasteiger partial charge in [-0.1, -0.05) is 33.1 Å². The summed E-state index contributed by atoms with van der Waals surface area (Å²) >= 11 is 0. The second kappa shape index (κ2) is 9.42. The summed E-state index contributed by atoms with van der Waals surface area (Å²) in [6, 6.07) is 0.775. The molecule has 3 unspecified atom stereocenters. The van der Waals surface area contributed by atoms with Crippen LogP contribution in [-0.4, -0.2) is 42.0 Å². The number of carbonyl (C=O) groups is 1. The van der Waals surface area contributed by atoms with Gasteiger partial charge in [0.25, 0.3) is 0 Å². The van der Waals surface area contributed by atoms with E-state index in [1.54, 1.807) is 0 Å². The Morgan fingerprint density at radius 2 is 1.95 bits per heavy atom. The van der Waals surface area contributed by atoms with Gasteiger partial charge in [-0.15, -0.1) is 0 Å². The van der Waals surface area contributed by atoms with Crippen LogP contribution in [0.1, 0.15) is 66.2 Å². The first-order valence-corrected chi connectivity index (χ1v) is 8.69. The molecular weight excluding hydrogens is 262 g/mol. The fraction of sp³-hybridized carbons (Fsp3) is 0.941. The second-order valence-corrected chi connectivity index (χ2v) is 7.19. The lowest BCUT2D eigenvalue weighted by molar-refractivity contribution is -0.123. The number of nitrogens with one attached hydrogen (secondary N) is 1. The standard InChI is InChI=1S/C17H35N3O/c1-13(2)8-7-9-14(3)19-17(21)12-20-11-6-5-10-16(20)15(4)18/h13-16H,5-12,18H2,1-4H3,(H,19,21). The van der Waals surface area contributed by atoms with Crippen molar-refractivity contribution in [3.63, 3.8) is 0 Å². The fourth-order valence-electron chi connectivity index (χ4n) is 3.22. The monoisotopic (exact) mass is 297 g/mol. The Labute approximate surface area is 130 Å². The molecule has 1 saturated heterocycles. The van der Waals surface area contributed by atoms with Crippen LogP contribution in [0.25, 0.3) is 0 Å². The van der Waals surface area contributed by atoms with Crippen LogP contribution in [0.3, 0.4) is 0 Å². The van der Waals surface area contributed by atoms with Gasteiger partial charge in [-0.3, -0.25) is 9.69 Å². The minimum absolute atomic E-state index is 0.140. The lowest BCUT2D eigenvalue weighted by atomic mass is 9.97. The SMILES string of the molecule is CC(C)CCCC(C)NC(=O)CN1CCCCC1C(C)N. The molecule has 0 aromatic heterocycles. The van der Waals surface area contributed by atoms with Crippen LogP contribution < -0.4 is 11.1 Å². The number of nitrogens with two attached hydrogens (primary N) is 1. The summed E-state index contributed by atoms with van der Waals surface area (Å²) in [5.74, 6) is 0.896. The fourth-order valence-corrected chi connectivity index (χ4v) is 3.22. The van der Waals surface area contributed by atoms with E-state index in [1.807, 2.05) is 0 Å². The first kappa shape index (κ1) is 18.4. The lowest BCUT2D eigenvalue weighted by Crippen LogP contribution is -2.52. The summed E-state index contributed by atoms with van der Waals surface area (Å²) in [6.45, 7) is 10.1. The molecule has 0 aromatic rings. The van der Waals surface area contributed by atoms with Crippen molar-refractivity contribution in [3.8, 4) is 0 Å². The van der Waals surface area contributed by atoms with E-state index in [9.17, 15) is 4.79 Å². The van der Waals surface area contributed by atoms with Crippen LogP contribution >= 0.6 is 0 Å². The molecule has 1 fully saturated rings. The Morgan fingerprint density at radius 3 is 2.57 bits per heavy atom. The molecule has 0 spiro atoms. The van der Waals surface area contributed by atoms with E-state index < -0.39 is 0 Å². The van der Waals surface area contributed by atoms with Crippen molar-refractivity contribution >= 4 is 5.91 Å². The zero-order valence-electron chi connectivity index (χ0n) is 14.4. The van der Waals surface area contributed by atoms with Crippen LogP contribution in [0.5, 0.6) is 0 Å². The molecule has 0 radical (unpaired) electrons. The van der Waals surface area contributed by atoms with Crippen molar-refractivity contribution in [2.24, 2.45) is 11.7 Å². The molecule has 1 rings (SSSR count). The zero-order chi connectivity index (χ0) is 15.8. The lowest BCUT2D eigenvalue weighted by Gasteiger charge is -2.37. The largest absolute Gasteiger partial charge is 0.353 e. The number of carbonyl (C=O) groups excluding carboxylic acids is 1. The highest BCUT2D eigenvalue weighted by Crippen LogP contribution is 2.18. The van der Waals surface area contributed by atoms with Gasteiger partial charge < -0.3 is 11.1 Å². The normalized spacial score (nSPS) is 23.0. The van der Waals surface area contributed by atoms with Gasteiger partial charge in [0, 0.05) is 18.1 Å². The average Bonchev–Trinajstić information content (AvgIpc) is 2.38. The summed E-state index contributed by atoms with van der Waals surface area (Å²) < 4.78 is 0. The van der Waals surface area contributed by atoms with E-state index in [1.165, 1.54) is 25.7 Å². The number of nitrogens with zero attached hydrogens (tertiary/aromatic N) is 1. The van der Waals surface area contributed by atoms with Crippen LogP contribution in [0, 0.1) is 5.92 Å². The van der Waals surface area contributed by atoms with Crippen LogP contribution in [0.4, 0.5) is 0 Å². The van der Waals surface area contributed by atoms with Crippen LogP contribution in [-0.2, 0) is 4.79 Å². The second-order valence-electron chi connectivity index (χ2n) is 7.19. The summed E-state index contributed by atoms with van der Waals surface area (Å²) in [5, 5.41) is 3.14. The Bertz CT molecular complexity index is 304. The van der Waals surface area contributed by atoms with Crippen molar-refractivity contribution in [2.75, 3.05) is 13.1 Å². The first-order valence-electron chi connectivity index (χ1n) is 8.69. The Morgan fingerprint density at radius 1 is 1.24 bits per heavy atom. The number of piperidine rings is 1. The maximum atomic E-state index is 12.2. The van der Waals surface area contributed by atoms with Gasteiger partial charge >= 0.3 is 0 Å². The predicted molar refractivity (Wildman–Crippen MR) is 89.2 cm³/mol. The number of hydrogen-bond donors (Lipinski definition) is 2. The third kappa shape index (κ3) is 7.28. The average molecular weight is 297 g/mol. The molecular formula is C17H35N3O. The highest BCUT2D eigenvalue weighted by Gasteiger charge is 2.27. The van der Waals surface area contributed by atoms with Crippen LogP contribution in [0.2, 0.25) is 0 Å². The molecule has 3 atom stereocenters. The van der Waals surface area contributed by atoms with Gasteiger partial charge in [0.05, 0.1) is 6.54 Å². The first-order chi connectivity index (χ1) is 9.90. The minimum atomic E-state index is 0.140. The van der Waals surface area contributed by atoms with Gasteiger partial charge in [-0.2, -0.15) is 0 Å². The van der Waals surface area contributed by atoms with E-state index in [4.69, 9.17) is 5.73 Å². The summed E-state index contributed by atoms with van der Waals surface area (Å²) in [4.78, 5) is 14.5. The smallest absolute Gasteiger partial charge is 0.234 e. The molecule has 1 heterocycles. The molecule has 21 heavy (non-hydrogen) atoms. The molecule has 1 aliphatic rings. The summed E-state index contributed by atoms with van der Waals surface area (Å²) in [7, 11) is 0. The predicted octanol–water partition coefficient (Wildman–Crippen LogP) is 2.52. The Kier molecular flexibility index (Phi) is 8.27. The number of likely N-dealkylation sites (tertiary alicyclic amines) is 1. The maximum absolute atomic E-state index is 12.2. The molecule has 4 heteroatoms. The van der Waals surface area contributed by atoms with E-state index in [0.29, 0.717) is 12.6 Å². The van der Waals surface area contributed by atoms with Gasteiger partial charge in [-0.05, 0) is 45.6 Å². The molecule has 124 valence electrons. The quantitative estimate of drug-likeness (QED) is 0.724. The molecule has 1 amide bonds. The van der Waals surface area contributed by atoms with Crippen LogP contribution in [0.15, 0.2) is 0 Å². The molecule has 0 aliphatic carbocycles. The van der Waals surface area contributed by atoms with Crippen molar-refractivity contribution in [1.82, 2.24) is 10.2 Å². The van der Waals surface area contributed by atoms with Crippen molar-refractivity contribution in [1.29, 1.82) is 0 Å². The van der Waals surface area contributed by atoms with E-state index in [0.717, 1.165) is 25.3 Å². The number of amides is 1. The Balaban J connectivity index is 2.31. The maximum Gasteiger partial charge on any atom is 0.234 e. The van der Waals surface area contributed by atoms with Gasteiger partial charge in [0.2, 0.25) is 5.91 Å². The van der Waals surface area contributed by atoms with Gasteiger partial charge in [0.15, 0.2) is 0 Å². The highest BCUT2D eigenvalue weighted by atomic mass is 16.2. The molecule has 3 N–H and O–H groups in total. The summed E-state index contributed by atoms with van der Waals surface area (Å²) in [5.41, 5.74) is 6.06. The Hall–Kier alpha value is -0.610. The third-order valence-corrected chi connectivity index (χ3v) is 4.44.